The molecule has 0 aromatic carbocycles. The predicted molar refractivity (Wildman–Crippen MR) is 80.1 cm³/mol. The Morgan fingerprint density at radius 1 is 1.55 bits per heavy atom. The van der Waals surface area contributed by atoms with E-state index >= 15 is 0 Å². The van der Waals surface area contributed by atoms with Gasteiger partial charge in [0.05, 0.1) is 0 Å². The first kappa shape index (κ1) is 15.2. The van der Waals surface area contributed by atoms with E-state index < -0.39 is 10.0 Å². The van der Waals surface area contributed by atoms with Crippen molar-refractivity contribution in [2.45, 2.75) is 25.3 Å². The van der Waals surface area contributed by atoms with Crippen LogP contribution < -0.4 is 11.3 Å². The van der Waals surface area contributed by atoms with Crippen LogP contribution in [0.1, 0.15) is 20.3 Å². The minimum Gasteiger partial charge on any atom is -0.306 e. The Kier molecular flexibility index (Phi) is 4.33. The molecular formula is C11H19N5O2S2. The van der Waals surface area contributed by atoms with Crippen LogP contribution in [-0.4, -0.2) is 35.7 Å². The molecule has 0 atom stereocenters. The Hall–Kier alpha value is -1.16. The SMILES string of the molecule is CC(C)CCN(C)S(=O)(=O)c1c(NN)nc2sccn12. The van der Waals surface area contributed by atoms with Crippen LogP contribution in [0.4, 0.5) is 5.82 Å². The molecule has 0 unspecified atom stereocenters. The highest BCUT2D eigenvalue weighted by molar-refractivity contribution is 7.89. The van der Waals surface area contributed by atoms with Crippen LogP contribution in [-0.2, 0) is 10.0 Å². The van der Waals surface area contributed by atoms with Crippen LogP contribution in [0.2, 0.25) is 0 Å². The second-order valence-corrected chi connectivity index (χ2v) is 7.81. The number of sulfonamides is 1. The van der Waals surface area contributed by atoms with E-state index in [2.05, 4.69) is 24.3 Å². The molecule has 2 aromatic heterocycles. The number of nitrogens with zero attached hydrogens (tertiary/aromatic N) is 3. The number of hydrogen-bond acceptors (Lipinski definition) is 6. The topological polar surface area (TPSA) is 92.7 Å². The molecule has 0 saturated heterocycles. The minimum atomic E-state index is -3.63. The van der Waals surface area contributed by atoms with Crippen molar-refractivity contribution in [3.8, 4) is 0 Å². The zero-order valence-electron chi connectivity index (χ0n) is 11.7. The number of rotatable bonds is 6. The van der Waals surface area contributed by atoms with Gasteiger partial charge in [-0.1, -0.05) is 13.8 Å². The molecule has 7 nitrogen and oxygen atoms in total. The van der Waals surface area contributed by atoms with Gasteiger partial charge in [0.2, 0.25) is 5.03 Å². The van der Waals surface area contributed by atoms with Gasteiger partial charge in [-0.25, -0.2) is 14.3 Å². The first-order valence-electron chi connectivity index (χ1n) is 6.26. The van der Waals surface area contributed by atoms with Gasteiger partial charge in [0, 0.05) is 25.2 Å². The van der Waals surface area contributed by atoms with Crippen molar-refractivity contribution < 1.29 is 8.42 Å². The molecule has 20 heavy (non-hydrogen) atoms. The van der Waals surface area contributed by atoms with Crippen LogP contribution in [0, 0.1) is 5.92 Å². The summed E-state index contributed by atoms with van der Waals surface area (Å²) >= 11 is 1.36. The third-order valence-electron chi connectivity index (χ3n) is 3.03. The molecule has 0 aliphatic heterocycles. The second kappa shape index (κ2) is 5.68. The number of hydrazine groups is 1. The van der Waals surface area contributed by atoms with Crippen molar-refractivity contribution in [2.24, 2.45) is 11.8 Å². The smallest absolute Gasteiger partial charge is 0.262 e. The van der Waals surface area contributed by atoms with Gasteiger partial charge in [-0.3, -0.25) is 4.40 Å². The Morgan fingerprint density at radius 2 is 2.25 bits per heavy atom. The quantitative estimate of drug-likeness (QED) is 0.619. The average Bonchev–Trinajstić information content (AvgIpc) is 2.94. The molecule has 9 heteroatoms. The Bertz CT molecular complexity index is 689. The van der Waals surface area contributed by atoms with E-state index in [9.17, 15) is 8.42 Å². The zero-order valence-corrected chi connectivity index (χ0v) is 13.3. The fraction of sp³-hybridized carbons (Fsp3) is 0.545. The minimum absolute atomic E-state index is 0.0857. The molecule has 0 saturated carbocycles. The van der Waals surface area contributed by atoms with Crippen molar-refractivity contribution in [2.75, 3.05) is 19.0 Å². The monoisotopic (exact) mass is 317 g/mol. The molecule has 0 fully saturated rings. The lowest BCUT2D eigenvalue weighted by Crippen LogP contribution is -2.30. The van der Waals surface area contributed by atoms with E-state index in [0.717, 1.165) is 6.42 Å². The second-order valence-electron chi connectivity index (χ2n) is 4.97. The summed E-state index contributed by atoms with van der Waals surface area (Å²) < 4.78 is 28.2. The average molecular weight is 317 g/mol. The van der Waals surface area contributed by atoms with E-state index in [-0.39, 0.29) is 10.8 Å². The molecule has 0 amide bonds. The number of hydrogen-bond donors (Lipinski definition) is 2. The molecule has 3 N–H and O–H groups in total. The molecule has 0 radical (unpaired) electrons. The first-order valence-corrected chi connectivity index (χ1v) is 8.58. The number of thiazole rings is 1. The standard InChI is InChI=1S/C11H19N5O2S2/c1-8(2)4-5-15(3)20(17,18)10-9(14-12)13-11-16(10)6-7-19-11/h6-8,14H,4-5,12H2,1-3H3. The summed E-state index contributed by atoms with van der Waals surface area (Å²) in [5.74, 6) is 6.00. The van der Waals surface area contributed by atoms with Gasteiger partial charge in [-0.05, 0) is 12.3 Å². The van der Waals surface area contributed by atoms with Gasteiger partial charge in [-0.15, -0.1) is 11.3 Å². The predicted octanol–water partition coefficient (Wildman–Crippen LogP) is 1.35. The molecule has 2 aromatic rings. The summed E-state index contributed by atoms with van der Waals surface area (Å²) in [5.41, 5.74) is 2.37. The third kappa shape index (κ3) is 2.66. The number of imidazole rings is 1. The molecule has 2 heterocycles. The molecule has 0 aliphatic carbocycles. The number of nitrogen functional groups attached to an aromatic ring is 1. The van der Waals surface area contributed by atoms with Gasteiger partial charge in [0.25, 0.3) is 10.0 Å². The summed E-state index contributed by atoms with van der Waals surface area (Å²) in [6, 6.07) is 0. The van der Waals surface area contributed by atoms with Gasteiger partial charge in [0.1, 0.15) is 0 Å². The summed E-state index contributed by atoms with van der Waals surface area (Å²) in [7, 11) is -2.06. The number of fused-ring (bicyclic) bond motifs is 1. The van der Waals surface area contributed by atoms with Crippen LogP contribution in [0.25, 0.3) is 4.96 Å². The van der Waals surface area contributed by atoms with Crippen molar-refractivity contribution >= 4 is 32.1 Å². The van der Waals surface area contributed by atoms with E-state index in [1.54, 1.807) is 23.0 Å². The molecule has 112 valence electrons. The van der Waals surface area contributed by atoms with Crippen molar-refractivity contribution in [3.63, 3.8) is 0 Å². The Morgan fingerprint density at radius 3 is 2.85 bits per heavy atom. The number of nitrogens with two attached hydrogens (primary N) is 1. The molecule has 0 bridgehead atoms. The van der Waals surface area contributed by atoms with Crippen LogP contribution in [0.15, 0.2) is 16.6 Å². The normalized spacial score (nSPS) is 12.7. The Labute approximate surface area is 122 Å². The highest BCUT2D eigenvalue weighted by Crippen LogP contribution is 2.27. The number of anilines is 1. The van der Waals surface area contributed by atoms with Crippen LogP contribution >= 0.6 is 11.3 Å². The first-order chi connectivity index (χ1) is 9.37. The Balaban J connectivity index is 2.42. The maximum absolute atomic E-state index is 12.7. The third-order valence-corrected chi connectivity index (χ3v) is 5.67. The molecular weight excluding hydrogens is 298 g/mol. The van der Waals surface area contributed by atoms with Crippen LogP contribution in [0.5, 0.6) is 0 Å². The zero-order chi connectivity index (χ0) is 14.9. The fourth-order valence-electron chi connectivity index (χ4n) is 1.81. The largest absolute Gasteiger partial charge is 0.306 e. The van der Waals surface area contributed by atoms with E-state index in [1.165, 1.54) is 15.6 Å². The molecule has 0 spiro atoms. The van der Waals surface area contributed by atoms with Gasteiger partial charge in [0.15, 0.2) is 10.8 Å². The highest BCUT2D eigenvalue weighted by Gasteiger charge is 2.29. The molecule has 2 rings (SSSR count). The lowest BCUT2D eigenvalue weighted by molar-refractivity contribution is 0.426. The van der Waals surface area contributed by atoms with Crippen LogP contribution in [0.3, 0.4) is 0 Å². The van der Waals surface area contributed by atoms with Gasteiger partial charge in [-0.2, -0.15) is 9.29 Å². The van der Waals surface area contributed by atoms with Gasteiger partial charge < -0.3 is 5.43 Å². The molecule has 0 aliphatic rings. The van der Waals surface area contributed by atoms with Crippen molar-refractivity contribution in [3.05, 3.63) is 11.6 Å². The number of aromatic nitrogens is 2. The summed E-state index contributed by atoms with van der Waals surface area (Å²) in [4.78, 5) is 4.77. The number of nitrogens with one attached hydrogen (secondary N) is 1. The summed E-state index contributed by atoms with van der Waals surface area (Å²) in [5, 5.41) is 1.87. The van der Waals surface area contributed by atoms with Crippen molar-refractivity contribution in [1.82, 2.24) is 13.7 Å². The fourth-order valence-corrected chi connectivity index (χ4v) is 3.97. The highest BCUT2D eigenvalue weighted by atomic mass is 32.2. The summed E-state index contributed by atoms with van der Waals surface area (Å²) in [6.07, 6.45) is 2.48. The van der Waals surface area contributed by atoms with E-state index in [1.807, 2.05) is 0 Å². The van der Waals surface area contributed by atoms with Crippen molar-refractivity contribution in [1.29, 1.82) is 0 Å². The maximum atomic E-state index is 12.7. The maximum Gasteiger partial charge on any atom is 0.262 e. The van der Waals surface area contributed by atoms with E-state index in [4.69, 9.17) is 5.84 Å². The summed E-state index contributed by atoms with van der Waals surface area (Å²) in [6.45, 7) is 4.58. The lowest BCUT2D eigenvalue weighted by Gasteiger charge is -2.18. The van der Waals surface area contributed by atoms with E-state index in [0.29, 0.717) is 17.4 Å². The lowest BCUT2D eigenvalue weighted by atomic mass is 10.1. The van der Waals surface area contributed by atoms with Gasteiger partial charge >= 0.3 is 0 Å².